The maximum Gasteiger partial charge on any atom is 0.226 e. The maximum absolute atomic E-state index is 11.8. The molecule has 0 aromatic heterocycles. The maximum atomic E-state index is 11.8. The highest BCUT2D eigenvalue weighted by Gasteiger charge is 2.28. The van der Waals surface area contributed by atoms with Gasteiger partial charge in [-0.3, -0.25) is 4.79 Å². The van der Waals surface area contributed by atoms with Crippen molar-refractivity contribution in [2.24, 2.45) is 5.92 Å². The molecule has 0 saturated carbocycles. The summed E-state index contributed by atoms with van der Waals surface area (Å²) in [6, 6.07) is 0. The van der Waals surface area contributed by atoms with Crippen molar-refractivity contribution in [1.29, 1.82) is 0 Å². The first-order chi connectivity index (χ1) is 7.21. The quantitative estimate of drug-likeness (QED) is 0.637. The van der Waals surface area contributed by atoms with Crippen LogP contribution in [0.2, 0.25) is 0 Å². The summed E-state index contributed by atoms with van der Waals surface area (Å²) in [6.07, 6.45) is 6.13. The smallest absolute Gasteiger partial charge is 0.226 e. The van der Waals surface area contributed by atoms with Crippen molar-refractivity contribution in [2.75, 3.05) is 13.1 Å². The highest BCUT2D eigenvalue weighted by Crippen LogP contribution is 2.21. The second kappa shape index (κ2) is 5.94. The summed E-state index contributed by atoms with van der Waals surface area (Å²) in [5, 5.41) is 0. The van der Waals surface area contributed by atoms with Gasteiger partial charge < -0.3 is 4.90 Å². The molecule has 0 spiro atoms. The normalized spacial score (nSPS) is 17.8. The van der Waals surface area contributed by atoms with Crippen molar-refractivity contribution >= 4 is 5.91 Å². The Balaban J connectivity index is 2.30. The molecule has 1 fully saturated rings. The Bertz CT molecular complexity index is 239. The van der Waals surface area contributed by atoms with Crippen LogP contribution >= 0.6 is 0 Å². The predicted molar refractivity (Wildman–Crippen MR) is 63.6 cm³/mol. The van der Waals surface area contributed by atoms with Gasteiger partial charge in [0.05, 0.1) is 0 Å². The van der Waals surface area contributed by atoms with Crippen LogP contribution in [0.3, 0.4) is 0 Å². The lowest BCUT2D eigenvalue weighted by molar-refractivity contribution is -0.136. The molecule has 86 valence electrons. The average molecular weight is 209 g/mol. The number of carbonyl (C=O) groups is 1. The molecule has 2 nitrogen and oxygen atoms in total. The standard InChI is InChI=1S/C13H23NO/c1-4-7-11(5-2)8-13(15)14-9-12(6-3)10-14/h5,12H,4,6-10H2,1-3H3/b11-5+. The van der Waals surface area contributed by atoms with Crippen molar-refractivity contribution in [3.8, 4) is 0 Å². The lowest BCUT2D eigenvalue weighted by Crippen LogP contribution is -2.49. The van der Waals surface area contributed by atoms with Gasteiger partial charge in [0.15, 0.2) is 0 Å². The highest BCUT2D eigenvalue weighted by molar-refractivity contribution is 5.79. The van der Waals surface area contributed by atoms with E-state index in [1.165, 1.54) is 12.0 Å². The van der Waals surface area contributed by atoms with Crippen LogP contribution in [0.1, 0.15) is 46.5 Å². The van der Waals surface area contributed by atoms with Crippen LogP contribution < -0.4 is 0 Å². The highest BCUT2D eigenvalue weighted by atomic mass is 16.2. The van der Waals surface area contributed by atoms with E-state index in [1.807, 2.05) is 11.8 Å². The first kappa shape index (κ1) is 12.3. The fraction of sp³-hybridized carbons (Fsp3) is 0.769. The SMILES string of the molecule is C/C=C(\CCC)CC(=O)N1CC(CC)C1. The molecule has 0 bridgehead atoms. The van der Waals surface area contributed by atoms with Gasteiger partial charge in [-0.15, -0.1) is 0 Å². The summed E-state index contributed by atoms with van der Waals surface area (Å²) in [6.45, 7) is 8.35. The molecule has 0 aliphatic carbocycles. The molecule has 1 rings (SSSR count). The molecule has 1 heterocycles. The van der Waals surface area contributed by atoms with Crippen LogP contribution in [-0.2, 0) is 4.79 Å². The van der Waals surface area contributed by atoms with Crippen LogP contribution in [0.15, 0.2) is 11.6 Å². The monoisotopic (exact) mass is 209 g/mol. The number of carbonyl (C=O) groups excluding carboxylic acids is 1. The van der Waals surface area contributed by atoms with Crippen molar-refractivity contribution < 1.29 is 4.79 Å². The van der Waals surface area contributed by atoms with Gasteiger partial charge in [-0.2, -0.15) is 0 Å². The molecular formula is C13H23NO. The molecule has 0 aromatic rings. The predicted octanol–water partition coefficient (Wildman–Crippen LogP) is 2.99. The van der Waals surface area contributed by atoms with Crippen molar-refractivity contribution in [1.82, 2.24) is 4.90 Å². The minimum atomic E-state index is 0.321. The van der Waals surface area contributed by atoms with E-state index in [-0.39, 0.29) is 0 Å². The third-order valence-corrected chi connectivity index (χ3v) is 3.24. The molecule has 1 saturated heterocycles. The first-order valence-electron chi connectivity index (χ1n) is 6.13. The number of hydrogen-bond donors (Lipinski definition) is 0. The topological polar surface area (TPSA) is 20.3 Å². The van der Waals surface area contributed by atoms with Gasteiger partial charge in [-0.1, -0.05) is 31.9 Å². The van der Waals surface area contributed by atoms with Gasteiger partial charge in [0.25, 0.3) is 0 Å². The Morgan fingerprint density at radius 1 is 1.40 bits per heavy atom. The first-order valence-corrected chi connectivity index (χ1v) is 6.13. The Labute approximate surface area is 93.3 Å². The summed E-state index contributed by atoms with van der Waals surface area (Å²) in [7, 11) is 0. The van der Waals surface area contributed by atoms with Crippen LogP contribution in [0.25, 0.3) is 0 Å². The van der Waals surface area contributed by atoms with Crippen molar-refractivity contribution in [3.05, 3.63) is 11.6 Å². The molecule has 1 aliphatic heterocycles. The van der Waals surface area contributed by atoms with Crippen LogP contribution in [0, 0.1) is 5.92 Å². The summed E-state index contributed by atoms with van der Waals surface area (Å²) in [5.74, 6) is 1.08. The molecule has 0 radical (unpaired) electrons. The molecule has 0 atom stereocenters. The molecular weight excluding hydrogens is 186 g/mol. The third kappa shape index (κ3) is 3.37. The number of nitrogens with zero attached hydrogens (tertiary/aromatic N) is 1. The fourth-order valence-electron chi connectivity index (χ4n) is 1.99. The van der Waals surface area contributed by atoms with Gasteiger partial charge in [-0.25, -0.2) is 0 Å². The third-order valence-electron chi connectivity index (χ3n) is 3.24. The molecule has 0 unspecified atom stereocenters. The minimum absolute atomic E-state index is 0.321. The van der Waals surface area contributed by atoms with Gasteiger partial charge in [0.1, 0.15) is 0 Å². The lowest BCUT2D eigenvalue weighted by Gasteiger charge is -2.39. The van der Waals surface area contributed by atoms with E-state index in [4.69, 9.17) is 0 Å². The number of allylic oxidation sites excluding steroid dienone is 1. The van der Waals surface area contributed by atoms with E-state index in [0.29, 0.717) is 12.3 Å². The zero-order chi connectivity index (χ0) is 11.3. The fourth-order valence-corrected chi connectivity index (χ4v) is 1.99. The average Bonchev–Trinajstić information content (AvgIpc) is 2.15. The van der Waals surface area contributed by atoms with Gasteiger partial charge in [-0.05, 0) is 25.7 Å². The number of hydrogen-bond acceptors (Lipinski definition) is 1. The minimum Gasteiger partial charge on any atom is -0.342 e. The van der Waals surface area contributed by atoms with E-state index >= 15 is 0 Å². The molecule has 0 aromatic carbocycles. The van der Waals surface area contributed by atoms with Crippen molar-refractivity contribution in [3.63, 3.8) is 0 Å². The number of likely N-dealkylation sites (tertiary alicyclic amines) is 1. The molecule has 15 heavy (non-hydrogen) atoms. The molecule has 0 N–H and O–H groups in total. The molecule has 1 amide bonds. The molecule has 2 heteroatoms. The van der Waals surface area contributed by atoms with E-state index in [9.17, 15) is 4.79 Å². The number of rotatable bonds is 5. The summed E-state index contributed by atoms with van der Waals surface area (Å²) in [5.41, 5.74) is 1.29. The van der Waals surface area contributed by atoms with Crippen LogP contribution in [0.5, 0.6) is 0 Å². The Kier molecular flexibility index (Phi) is 4.86. The number of amides is 1. The van der Waals surface area contributed by atoms with E-state index in [2.05, 4.69) is 19.9 Å². The summed E-state index contributed by atoms with van der Waals surface area (Å²) in [4.78, 5) is 13.8. The van der Waals surface area contributed by atoms with E-state index in [1.54, 1.807) is 0 Å². The van der Waals surface area contributed by atoms with Gasteiger partial charge >= 0.3 is 0 Å². The summed E-state index contributed by atoms with van der Waals surface area (Å²) < 4.78 is 0. The van der Waals surface area contributed by atoms with Gasteiger partial charge in [0.2, 0.25) is 5.91 Å². The van der Waals surface area contributed by atoms with Gasteiger partial charge in [0, 0.05) is 19.5 Å². The van der Waals surface area contributed by atoms with E-state index in [0.717, 1.165) is 31.8 Å². The largest absolute Gasteiger partial charge is 0.342 e. The second-order valence-corrected chi connectivity index (χ2v) is 4.45. The van der Waals surface area contributed by atoms with E-state index < -0.39 is 0 Å². The van der Waals surface area contributed by atoms with Crippen LogP contribution in [-0.4, -0.2) is 23.9 Å². The zero-order valence-electron chi connectivity index (χ0n) is 10.3. The van der Waals surface area contributed by atoms with Crippen LogP contribution in [0.4, 0.5) is 0 Å². The second-order valence-electron chi connectivity index (χ2n) is 4.45. The summed E-state index contributed by atoms with van der Waals surface area (Å²) >= 11 is 0. The van der Waals surface area contributed by atoms with Crippen molar-refractivity contribution in [2.45, 2.75) is 46.5 Å². The Morgan fingerprint density at radius 2 is 2.07 bits per heavy atom. The Morgan fingerprint density at radius 3 is 2.53 bits per heavy atom. The zero-order valence-corrected chi connectivity index (χ0v) is 10.3. The molecule has 1 aliphatic rings. The Hall–Kier alpha value is -0.790. The lowest BCUT2D eigenvalue weighted by atomic mass is 9.96.